The maximum Gasteiger partial charge on any atom is 0.163 e. The van der Waals surface area contributed by atoms with Crippen molar-refractivity contribution >= 4 is 11.5 Å². The van der Waals surface area contributed by atoms with Crippen molar-refractivity contribution in [2.24, 2.45) is 11.3 Å². The van der Waals surface area contributed by atoms with E-state index in [0.717, 1.165) is 6.42 Å². The van der Waals surface area contributed by atoms with Crippen LogP contribution in [-0.4, -0.2) is 5.78 Å². The number of benzene rings is 1. The summed E-state index contributed by atoms with van der Waals surface area (Å²) < 4.78 is 13.3. The van der Waals surface area contributed by atoms with Gasteiger partial charge >= 0.3 is 0 Å². The van der Waals surface area contributed by atoms with E-state index in [1.807, 2.05) is 0 Å². The molecule has 0 heterocycles. The molecule has 1 rings (SSSR count). The van der Waals surface area contributed by atoms with E-state index in [-0.39, 0.29) is 22.8 Å². The van der Waals surface area contributed by atoms with Crippen molar-refractivity contribution in [2.45, 2.75) is 40.5 Å². The lowest BCUT2D eigenvalue weighted by atomic mass is 9.83. The Hall–Kier alpha value is -1.38. The largest absolute Gasteiger partial charge is 0.396 e. The minimum Gasteiger partial charge on any atom is -0.396 e. The van der Waals surface area contributed by atoms with Crippen LogP contribution in [-0.2, 0) is 0 Å². The monoisotopic (exact) mass is 251 g/mol. The zero-order valence-corrected chi connectivity index (χ0v) is 11.6. The van der Waals surface area contributed by atoms with Gasteiger partial charge in [-0.2, -0.15) is 0 Å². The summed E-state index contributed by atoms with van der Waals surface area (Å²) in [6, 6.07) is 4.25. The SMILES string of the molecule is CC(CC(=O)c1ccc(N)c(F)c1)CC(C)(C)C. The highest BCUT2D eigenvalue weighted by Gasteiger charge is 2.18. The molecule has 0 aliphatic carbocycles. The third-order valence-electron chi connectivity index (χ3n) is 2.82. The lowest BCUT2D eigenvalue weighted by Gasteiger charge is -2.22. The molecular weight excluding hydrogens is 229 g/mol. The Kier molecular flexibility index (Phi) is 4.49. The minimum atomic E-state index is -0.524. The molecule has 0 saturated heterocycles. The van der Waals surface area contributed by atoms with Crippen LogP contribution in [0.15, 0.2) is 18.2 Å². The number of nitrogen functional groups attached to an aromatic ring is 1. The van der Waals surface area contributed by atoms with Gasteiger partial charge in [-0.05, 0) is 36.0 Å². The second kappa shape index (κ2) is 5.51. The van der Waals surface area contributed by atoms with E-state index < -0.39 is 5.82 Å². The highest BCUT2D eigenvalue weighted by molar-refractivity contribution is 5.96. The molecule has 100 valence electrons. The summed E-state index contributed by atoms with van der Waals surface area (Å²) in [6.07, 6.45) is 1.41. The third-order valence-corrected chi connectivity index (χ3v) is 2.82. The number of carbonyl (C=O) groups is 1. The third kappa shape index (κ3) is 4.47. The first-order valence-corrected chi connectivity index (χ1v) is 6.27. The number of hydrogen-bond donors (Lipinski definition) is 1. The smallest absolute Gasteiger partial charge is 0.163 e. The van der Waals surface area contributed by atoms with E-state index in [2.05, 4.69) is 27.7 Å². The quantitative estimate of drug-likeness (QED) is 0.648. The van der Waals surface area contributed by atoms with E-state index >= 15 is 0 Å². The zero-order chi connectivity index (χ0) is 13.9. The van der Waals surface area contributed by atoms with Crippen LogP contribution in [0.25, 0.3) is 0 Å². The molecule has 1 unspecified atom stereocenters. The van der Waals surface area contributed by atoms with Crippen LogP contribution in [0.5, 0.6) is 0 Å². The average molecular weight is 251 g/mol. The summed E-state index contributed by atoms with van der Waals surface area (Å²) >= 11 is 0. The minimum absolute atomic E-state index is 0.0225. The molecule has 0 radical (unpaired) electrons. The lowest BCUT2D eigenvalue weighted by Crippen LogP contribution is -2.14. The molecular formula is C15H22FNO. The van der Waals surface area contributed by atoms with Crippen LogP contribution in [0.4, 0.5) is 10.1 Å². The number of hydrogen-bond acceptors (Lipinski definition) is 2. The first-order chi connectivity index (χ1) is 8.19. The zero-order valence-electron chi connectivity index (χ0n) is 11.6. The molecule has 2 N–H and O–H groups in total. The van der Waals surface area contributed by atoms with Crippen LogP contribution < -0.4 is 5.73 Å². The molecule has 1 aromatic rings. The Balaban J connectivity index is 2.68. The molecule has 1 aromatic carbocycles. The van der Waals surface area contributed by atoms with E-state index in [4.69, 9.17) is 5.73 Å². The second-order valence-corrected chi connectivity index (χ2v) is 6.23. The summed E-state index contributed by atoms with van der Waals surface area (Å²) in [7, 11) is 0. The number of carbonyl (C=O) groups excluding carboxylic acids is 1. The van der Waals surface area contributed by atoms with Crippen LogP contribution >= 0.6 is 0 Å². The van der Waals surface area contributed by atoms with Gasteiger partial charge in [0.25, 0.3) is 0 Å². The van der Waals surface area contributed by atoms with Crippen LogP contribution in [0, 0.1) is 17.2 Å². The Morgan fingerprint density at radius 3 is 2.50 bits per heavy atom. The van der Waals surface area contributed by atoms with Crippen LogP contribution in [0.2, 0.25) is 0 Å². The maximum atomic E-state index is 13.3. The molecule has 0 saturated carbocycles. The van der Waals surface area contributed by atoms with Crippen LogP contribution in [0.3, 0.4) is 0 Å². The summed E-state index contributed by atoms with van der Waals surface area (Å²) in [4.78, 5) is 12.0. The van der Waals surface area contributed by atoms with Crippen molar-refractivity contribution in [1.29, 1.82) is 0 Å². The molecule has 0 aliphatic heterocycles. The van der Waals surface area contributed by atoms with Gasteiger partial charge < -0.3 is 5.73 Å². The van der Waals surface area contributed by atoms with Gasteiger partial charge in [-0.3, -0.25) is 4.79 Å². The number of anilines is 1. The molecule has 2 nitrogen and oxygen atoms in total. The van der Waals surface area contributed by atoms with Gasteiger partial charge in [0, 0.05) is 12.0 Å². The van der Waals surface area contributed by atoms with Gasteiger partial charge in [-0.1, -0.05) is 27.7 Å². The Morgan fingerprint density at radius 2 is 2.00 bits per heavy atom. The van der Waals surface area contributed by atoms with Crippen molar-refractivity contribution in [3.05, 3.63) is 29.6 Å². The fourth-order valence-corrected chi connectivity index (χ4v) is 2.25. The van der Waals surface area contributed by atoms with E-state index in [1.54, 1.807) is 6.07 Å². The number of nitrogens with two attached hydrogens (primary N) is 1. The molecule has 0 fully saturated rings. The van der Waals surface area contributed by atoms with Gasteiger partial charge in [0.05, 0.1) is 5.69 Å². The number of Topliss-reactive ketones (excluding diaryl/α,β-unsaturated/α-hetero) is 1. The summed E-state index contributed by atoms with van der Waals surface area (Å²) in [6.45, 7) is 8.50. The van der Waals surface area contributed by atoms with Gasteiger partial charge in [-0.25, -0.2) is 4.39 Å². The lowest BCUT2D eigenvalue weighted by molar-refractivity contribution is 0.0954. The predicted octanol–water partition coefficient (Wildman–Crippen LogP) is 4.05. The van der Waals surface area contributed by atoms with Crippen LogP contribution in [0.1, 0.15) is 50.9 Å². The number of ketones is 1. The van der Waals surface area contributed by atoms with Crippen molar-refractivity contribution in [3.63, 3.8) is 0 Å². The Bertz CT molecular complexity index is 435. The van der Waals surface area contributed by atoms with Gasteiger partial charge in [-0.15, -0.1) is 0 Å². The highest BCUT2D eigenvalue weighted by atomic mass is 19.1. The maximum absolute atomic E-state index is 13.3. The van der Waals surface area contributed by atoms with Crippen molar-refractivity contribution in [2.75, 3.05) is 5.73 Å². The first-order valence-electron chi connectivity index (χ1n) is 6.27. The summed E-state index contributed by atoms with van der Waals surface area (Å²) in [5, 5.41) is 0. The van der Waals surface area contributed by atoms with E-state index in [9.17, 15) is 9.18 Å². The van der Waals surface area contributed by atoms with Crippen molar-refractivity contribution < 1.29 is 9.18 Å². The molecule has 3 heteroatoms. The molecule has 0 bridgehead atoms. The molecule has 1 atom stereocenters. The molecule has 0 amide bonds. The van der Waals surface area contributed by atoms with Crippen molar-refractivity contribution in [1.82, 2.24) is 0 Å². The summed E-state index contributed by atoms with van der Waals surface area (Å²) in [5.74, 6) is -0.256. The topological polar surface area (TPSA) is 43.1 Å². The van der Waals surface area contributed by atoms with Gasteiger partial charge in [0.1, 0.15) is 5.82 Å². The number of rotatable bonds is 4. The van der Waals surface area contributed by atoms with Gasteiger partial charge in [0.15, 0.2) is 5.78 Å². The molecule has 18 heavy (non-hydrogen) atoms. The Morgan fingerprint density at radius 1 is 1.39 bits per heavy atom. The second-order valence-electron chi connectivity index (χ2n) is 6.23. The van der Waals surface area contributed by atoms with Crippen molar-refractivity contribution in [3.8, 4) is 0 Å². The predicted molar refractivity (Wildman–Crippen MR) is 73.0 cm³/mol. The fourth-order valence-electron chi connectivity index (χ4n) is 2.25. The normalized spacial score (nSPS) is 13.4. The first kappa shape index (κ1) is 14.7. The van der Waals surface area contributed by atoms with E-state index in [1.165, 1.54) is 12.1 Å². The van der Waals surface area contributed by atoms with Gasteiger partial charge in [0.2, 0.25) is 0 Å². The summed E-state index contributed by atoms with van der Waals surface area (Å²) in [5.41, 5.74) is 6.07. The standard InChI is InChI=1S/C15H22FNO/c1-10(9-15(2,3)4)7-14(18)11-5-6-13(17)12(16)8-11/h5-6,8,10H,7,9,17H2,1-4H3. The highest BCUT2D eigenvalue weighted by Crippen LogP contribution is 2.27. The molecule has 0 spiro atoms. The number of halogens is 1. The molecule has 0 aromatic heterocycles. The Labute approximate surface area is 108 Å². The molecule has 0 aliphatic rings. The average Bonchev–Trinajstić information content (AvgIpc) is 2.18. The fraction of sp³-hybridized carbons (Fsp3) is 0.533. The van der Waals surface area contributed by atoms with E-state index in [0.29, 0.717) is 12.0 Å².